The van der Waals surface area contributed by atoms with Crippen LogP contribution in [0.5, 0.6) is 0 Å². The summed E-state index contributed by atoms with van der Waals surface area (Å²) in [6.07, 6.45) is -4.60. The van der Waals surface area contributed by atoms with Crippen molar-refractivity contribution in [3.05, 3.63) is 22.2 Å². The topological polar surface area (TPSA) is 131 Å². The van der Waals surface area contributed by atoms with Gasteiger partial charge < -0.3 is 25.8 Å². The third kappa shape index (κ3) is 1.99. The first kappa shape index (κ1) is 13.0. The summed E-state index contributed by atoms with van der Waals surface area (Å²) in [7, 11) is 0. The highest BCUT2D eigenvalue weighted by Crippen LogP contribution is 2.28. The molecule has 0 unspecified atom stereocenters. The Morgan fingerprint density at radius 2 is 2.17 bits per heavy atom. The maximum absolute atomic E-state index is 11.7. The lowest BCUT2D eigenvalue weighted by molar-refractivity contribution is -0.0558. The first-order chi connectivity index (χ1) is 8.45. The second-order valence-electron chi connectivity index (χ2n) is 4.20. The smallest absolute Gasteiger partial charge is 0.351 e. The monoisotopic (exact) mass is 257 g/mol. The van der Waals surface area contributed by atoms with Gasteiger partial charge in [0.25, 0.3) is 0 Å². The van der Waals surface area contributed by atoms with Crippen LogP contribution in [-0.2, 0) is 4.74 Å². The predicted molar refractivity (Wildman–Crippen MR) is 60.7 cm³/mol. The SMILES string of the molecule is Cc1cc(N)nc(=O)n1[C@@H]1O[C@H](CO)[C@@H](O)[C@@H]1O. The van der Waals surface area contributed by atoms with Gasteiger partial charge in [-0.2, -0.15) is 4.98 Å². The molecule has 0 saturated carbocycles. The molecular formula is C10H15N3O5. The molecule has 4 atom stereocenters. The standard InChI is InChI=1S/C10H15N3O5/c1-4-2-6(11)12-10(17)13(4)9-8(16)7(15)5(3-14)18-9/h2,5,7-9,14-16H,3H2,1H3,(H2,11,12,17)/t5-,7-,8+,9-/m1/s1. The van der Waals surface area contributed by atoms with Gasteiger partial charge in [0.1, 0.15) is 24.1 Å². The summed E-state index contributed by atoms with van der Waals surface area (Å²) >= 11 is 0. The number of aromatic nitrogens is 2. The molecule has 0 radical (unpaired) electrons. The molecule has 8 heteroatoms. The molecule has 1 aliphatic rings. The number of aryl methyl sites for hydroxylation is 1. The van der Waals surface area contributed by atoms with Crippen LogP contribution in [0, 0.1) is 6.92 Å². The highest BCUT2D eigenvalue weighted by atomic mass is 16.6. The molecule has 0 bridgehead atoms. The van der Waals surface area contributed by atoms with Crippen molar-refractivity contribution < 1.29 is 20.1 Å². The van der Waals surface area contributed by atoms with Crippen molar-refractivity contribution in [3.63, 3.8) is 0 Å². The highest BCUT2D eigenvalue weighted by Gasteiger charge is 2.44. The number of hydrogen-bond donors (Lipinski definition) is 4. The van der Waals surface area contributed by atoms with Crippen molar-refractivity contribution >= 4 is 5.82 Å². The van der Waals surface area contributed by atoms with Gasteiger partial charge in [-0.25, -0.2) is 4.79 Å². The van der Waals surface area contributed by atoms with Gasteiger partial charge in [-0.05, 0) is 13.0 Å². The Morgan fingerprint density at radius 3 is 2.67 bits per heavy atom. The molecule has 1 aromatic rings. The Kier molecular flexibility index (Phi) is 3.35. The van der Waals surface area contributed by atoms with Gasteiger partial charge in [-0.3, -0.25) is 4.57 Å². The van der Waals surface area contributed by atoms with Crippen LogP contribution in [0.25, 0.3) is 0 Å². The van der Waals surface area contributed by atoms with Crippen molar-refractivity contribution in [2.24, 2.45) is 0 Å². The Morgan fingerprint density at radius 1 is 1.50 bits per heavy atom. The minimum absolute atomic E-state index is 0.0699. The van der Waals surface area contributed by atoms with Crippen molar-refractivity contribution in [2.75, 3.05) is 12.3 Å². The van der Waals surface area contributed by atoms with Crippen LogP contribution in [0.3, 0.4) is 0 Å². The minimum Gasteiger partial charge on any atom is -0.394 e. The van der Waals surface area contributed by atoms with Crippen LogP contribution in [-0.4, -0.2) is 49.8 Å². The van der Waals surface area contributed by atoms with E-state index < -0.39 is 36.8 Å². The largest absolute Gasteiger partial charge is 0.394 e. The molecule has 8 nitrogen and oxygen atoms in total. The minimum atomic E-state index is -1.32. The molecule has 1 fully saturated rings. The van der Waals surface area contributed by atoms with Crippen molar-refractivity contribution in [1.29, 1.82) is 0 Å². The quantitative estimate of drug-likeness (QED) is 0.470. The summed E-state index contributed by atoms with van der Waals surface area (Å²) in [6.45, 7) is 1.15. The maximum Gasteiger partial charge on any atom is 0.351 e. The van der Waals surface area contributed by atoms with Crippen molar-refractivity contribution in [2.45, 2.75) is 31.5 Å². The third-order valence-electron chi connectivity index (χ3n) is 2.94. The number of anilines is 1. The molecule has 100 valence electrons. The van der Waals surface area contributed by atoms with E-state index >= 15 is 0 Å². The average Bonchev–Trinajstić information content (AvgIpc) is 2.56. The number of nitrogens with two attached hydrogens (primary N) is 1. The van der Waals surface area contributed by atoms with Crippen LogP contribution < -0.4 is 11.4 Å². The number of nitrogens with zero attached hydrogens (tertiary/aromatic N) is 2. The molecule has 1 aromatic heterocycles. The first-order valence-electron chi connectivity index (χ1n) is 5.44. The van der Waals surface area contributed by atoms with Crippen LogP contribution in [0.1, 0.15) is 11.9 Å². The van der Waals surface area contributed by atoms with Gasteiger partial charge in [0.15, 0.2) is 6.23 Å². The number of hydrogen-bond acceptors (Lipinski definition) is 7. The van der Waals surface area contributed by atoms with Crippen LogP contribution >= 0.6 is 0 Å². The number of ether oxygens (including phenoxy) is 1. The number of aliphatic hydroxyl groups excluding tert-OH is 3. The zero-order valence-corrected chi connectivity index (χ0v) is 9.72. The van der Waals surface area contributed by atoms with Gasteiger partial charge in [0, 0.05) is 5.69 Å². The lowest BCUT2D eigenvalue weighted by atomic mass is 10.1. The van der Waals surface area contributed by atoms with E-state index in [4.69, 9.17) is 15.6 Å². The zero-order chi connectivity index (χ0) is 13.4. The molecule has 0 aliphatic carbocycles. The van der Waals surface area contributed by atoms with Crippen LogP contribution in [0.4, 0.5) is 5.82 Å². The molecule has 0 amide bonds. The van der Waals surface area contributed by atoms with Gasteiger partial charge in [-0.15, -0.1) is 0 Å². The molecule has 0 aromatic carbocycles. The Bertz CT molecular complexity index is 503. The normalized spacial score (nSPS) is 31.8. The van der Waals surface area contributed by atoms with E-state index in [1.54, 1.807) is 6.92 Å². The Balaban J connectivity index is 2.42. The third-order valence-corrected chi connectivity index (χ3v) is 2.94. The summed E-state index contributed by atoms with van der Waals surface area (Å²) in [5.41, 5.74) is 5.19. The number of rotatable bonds is 2. The van der Waals surface area contributed by atoms with E-state index in [1.807, 2.05) is 0 Å². The summed E-state index contributed by atoms with van der Waals surface area (Å²) in [5.74, 6) is 0.0699. The van der Waals surface area contributed by atoms with E-state index in [1.165, 1.54) is 6.07 Å². The highest BCUT2D eigenvalue weighted by molar-refractivity contribution is 5.28. The Hall–Kier alpha value is -1.48. The molecule has 1 saturated heterocycles. The zero-order valence-electron chi connectivity index (χ0n) is 9.72. The number of nitrogen functional groups attached to an aromatic ring is 1. The molecule has 5 N–H and O–H groups in total. The fourth-order valence-corrected chi connectivity index (χ4v) is 2.03. The lowest BCUT2D eigenvalue weighted by Gasteiger charge is -2.19. The van der Waals surface area contributed by atoms with Gasteiger partial charge in [0.05, 0.1) is 6.61 Å². The summed E-state index contributed by atoms with van der Waals surface area (Å²) < 4.78 is 6.35. The molecule has 0 spiro atoms. The summed E-state index contributed by atoms with van der Waals surface area (Å²) in [6, 6.07) is 1.45. The van der Waals surface area contributed by atoms with E-state index in [9.17, 15) is 15.0 Å². The fourth-order valence-electron chi connectivity index (χ4n) is 2.03. The van der Waals surface area contributed by atoms with Crippen LogP contribution in [0.15, 0.2) is 10.9 Å². The maximum atomic E-state index is 11.7. The molecule has 2 heterocycles. The molecule has 18 heavy (non-hydrogen) atoms. The van der Waals surface area contributed by atoms with Gasteiger partial charge in [0.2, 0.25) is 0 Å². The average molecular weight is 257 g/mol. The van der Waals surface area contributed by atoms with E-state index in [0.29, 0.717) is 5.69 Å². The predicted octanol–water partition coefficient (Wildman–Crippen LogP) is -2.25. The molecular weight excluding hydrogens is 242 g/mol. The number of aliphatic hydroxyl groups is 3. The second kappa shape index (κ2) is 4.65. The second-order valence-corrected chi connectivity index (χ2v) is 4.20. The summed E-state index contributed by atoms with van der Waals surface area (Å²) in [5, 5.41) is 28.4. The molecule has 1 aliphatic heterocycles. The van der Waals surface area contributed by atoms with Crippen LogP contribution in [0.2, 0.25) is 0 Å². The lowest BCUT2D eigenvalue weighted by Crippen LogP contribution is -2.37. The van der Waals surface area contributed by atoms with E-state index in [2.05, 4.69) is 4.98 Å². The summed E-state index contributed by atoms with van der Waals surface area (Å²) in [4.78, 5) is 15.3. The fraction of sp³-hybridized carbons (Fsp3) is 0.600. The van der Waals surface area contributed by atoms with E-state index in [-0.39, 0.29) is 5.82 Å². The van der Waals surface area contributed by atoms with Crippen molar-refractivity contribution in [1.82, 2.24) is 9.55 Å². The Labute approximate surface area is 102 Å². The van der Waals surface area contributed by atoms with Gasteiger partial charge in [-0.1, -0.05) is 0 Å². The van der Waals surface area contributed by atoms with E-state index in [0.717, 1.165) is 4.57 Å². The first-order valence-corrected chi connectivity index (χ1v) is 5.44. The van der Waals surface area contributed by atoms with Crippen molar-refractivity contribution in [3.8, 4) is 0 Å². The molecule has 2 rings (SSSR count). The van der Waals surface area contributed by atoms with Gasteiger partial charge >= 0.3 is 5.69 Å².